The Bertz CT molecular complexity index is 1170. The lowest BCUT2D eigenvalue weighted by atomic mass is 10.1. The quantitative estimate of drug-likeness (QED) is 0.602. The summed E-state index contributed by atoms with van der Waals surface area (Å²) in [5, 5.41) is 18.4. The Hall–Kier alpha value is -3.34. The Labute approximate surface area is 148 Å². The van der Waals surface area contributed by atoms with Gasteiger partial charge in [0, 0.05) is 18.1 Å². The molecule has 3 aromatic heterocycles. The lowest BCUT2D eigenvalue weighted by molar-refractivity contribution is 0.0381. The molecule has 0 saturated carbocycles. The first kappa shape index (κ1) is 15.0. The maximum absolute atomic E-state index is 9.55. The molecule has 4 heterocycles. The summed E-state index contributed by atoms with van der Waals surface area (Å²) >= 11 is 0. The summed E-state index contributed by atoms with van der Waals surface area (Å²) in [6.45, 7) is 1.35. The summed E-state index contributed by atoms with van der Waals surface area (Å²) in [5.41, 5.74) is 4.40. The fourth-order valence-electron chi connectivity index (χ4n) is 3.30. The number of para-hydroxylation sites is 1. The Morgan fingerprint density at radius 3 is 2.96 bits per heavy atom. The van der Waals surface area contributed by atoms with E-state index in [0.29, 0.717) is 12.2 Å². The SMILES string of the molecule is N#Cc1cccc2c(-c3ccc4ncccc4n3)nn(C3NCCO3)c12. The largest absolute Gasteiger partial charge is 0.342 e. The third-order valence-corrected chi connectivity index (χ3v) is 4.47. The van der Waals surface area contributed by atoms with Gasteiger partial charge in [-0.15, -0.1) is 0 Å². The fourth-order valence-corrected chi connectivity index (χ4v) is 3.30. The molecule has 0 spiro atoms. The second-order valence-corrected chi connectivity index (χ2v) is 6.02. The van der Waals surface area contributed by atoms with E-state index in [1.54, 1.807) is 16.9 Å². The van der Waals surface area contributed by atoms with Crippen molar-refractivity contribution in [3.8, 4) is 17.5 Å². The summed E-state index contributed by atoms with van der Waals surface area (Å²) < 4.78 is 7.46. The molecule has 1 unspecified atom stereocenters. The van der Waals surface area contributed by atoms with Crippen LogP contribution in [0.3, 0.4) is 0 Å². The normalized spacial score (nSPS) is 17.0. The average molecular weight is 342 g/mol. The zero-order valence-corrected chi connectivity index (χ0v) is 13.8. The van der Waals surface area contributed by atoms with Crippen LogP contribution in [0.1, 0.15) is 11.9 Å². The number of rotatable bonds is 2. The average Bonchev–Trinajstić information content (AvgIpc) is 3.35. The van der Waals surface area contributed by atoms with E-state index in [1.807, 2.05) is 36.4 Å². The van der Waals surface area contributed by atoms with Crippen LogP contribution in [-0.2, 0) is 4.74 Å². The summed E-state index contributed by atoms with van der Waals surface area (Å²) in [7, 11) is 0. The van der Waals surface area contributed by atoms with E-state index < -0.39 is 0 Å². The van der Waals surface area contributed by atoms with Gasteiger partial charge in [0.15, 0.2) is 0 Å². The minimum atomic E-state index is -0.386. The topological polar surface area (TPSA) is 88.7 Å². The first-order chi connectivity index (χ1) is 12.8. The molecule has 5 rings (SSSR count). The number of fused-ring (bicyclic) bond motifs is 2. The Balaban J connectivity index is 1.78. The van der Waals surface area contributed by atoms with E-state index in [0.717, 1.165) is 39.9 Å². The number of benzene rings is 1. The summed E-state index contributed by atoms with van der Waals surface area (Å²) in [6.07, 6.45) is 1.36. The van der Waals surface area contributed by atoms with Crippen LogP contribution in [0.5, 0.6) is 0 Å². The second kappa shape index (κ2) is 5.88. The Kier molecular flexibility index (Phi) is 3.38. The molecule has 126 valence electrons. The van der Waals surface area contributed by atoms with Crippen LogP contribution in [0.15, 0.2) is 48.7 Å². The maximum atomic E-state index is 9.55. The highest BCUT2D eigenvalue weighted by molar-refractivity contribution is 5.96. The van der Waals surface area contributed by atoms with Crippen molar-refractivity contribution in [1.82, 2.24) is 25.1 Å². The molecule has 1 fully saturated rings. The number of pyridine rings is 2. The van der Waals surface area contributed by atoms with Gasteiger partial charge in [-0.1, -0.05) is 12.1 Å². The molecule has 0 amide bonds. The highest BCUT2D eigenvalue weighted by Gasteiger charge is 2.24. The van der Waals surface area contributed by atoms with Gasteiger partial charge in [0.2, 0.25) is 6.35 Å². The van der Waals surface area contributed by atoms with Crippen molar-refractivity contribution in [2.75, 3.05) is 13.2 Å². The first-order valence-electron chi connectivity index (χ1n) is 8.33. The fraction of sp³-hybridized carbons (Fsp3) is 0.158. The Morgan fingerprint density at radius 1 is 1.15 bits per heavy atom. The van der Waals surface area contributed by atoms with E-state index in [1.165, 1.54) is 0 Å². The van der Waals surface area contributed by atoms with Gasteiger partial charge in [-0.05, 0) is 30.3 Å². The molecule has 1 N–H and O–H groups in total. The van der Waals surface area contributed by atoms with Gasteiger partial charge in [-0.2, -0.15) is 10.4 Å². The molecule has 1 aliphatic rings. The predicted octanol–water partition coefficient (Wildman–Crippen LogP) is 2.59. The van der Waals surface area contributed by atoms with Gasteiger partial charge >= 0.3 is 0 Å². The maximum Gasteiger partial charge on any atom is 0.206 e. The van der Waals surface area contributed by atoms with Crippen molar-refractivity contribution in [3.05, 3.63) is 54.2 Å². The highest BCUT2D eigenvalue weighted by Crippen LogP contribution is 2.31. The van der Waals surface area contributed by atoms with Crippen LogP contribution in [0.2, 0.25) is 0 Å². The van der Waals surface area contributed by atoms with Crippen LogP contribution in [0.25, 0.3) is 33.3 Å². The van der Waals surface area contributed by atoms with Gasteiger partial charge in [0.25, 0.3) is 0 Å². The molecule has 0 aliphatic carbocycles. The molecule has 4 aromatic rings. The summed E-state index contributed by atoms with van der Waals surface area (Å²) in [4.78, 5) is 9.02. The van der Waals surface area contributed by atoms with Crippen molar-refractivity contribution in [2.24, 2.45) is 0 Å². The van der Waals surface area contributed by atoms with Crippen LogP contribution in [0.4, 0.5) is 0 Å². The summed E-state index contributed by atoms with van der Waals surface area (Å²) in [5.74, 6) is 0. The number of hydrogen-bond acceptors (Lipinski definition) is 6. The van der Waals surface area contributed by atoms with Gasteiger partial charge in [0.05, 0.1) is 34.4 Å². The number of aromatic nitrogens is 4. The number of nitrogens with zero attached hydrogens (tertiary/aromatic N) is 5. The van der Waals surface area contributed by atoms with E-state index in [4.69, 9.17) is 14.8 Å². The summed E-state index contributed by atoms with van der Waals surface area (Å²) in [6, 6.07) is 15.5. The van der Waals surface area contributed by atoms with Gasteiger partial charge in [0.1, 0.15) is 11.8 Å². The second-order valence-electron chi connectivity index (χ2n) is 6.02. The minimum Gasteiger partial charge on any atom is -0.342 e. The number of ether oxygens (including phenoxy) is 1. The predicted molar refractivity (Wildman–Crippen MR) is 96.0 cm³/mol. The van der Waals surface area contributed by atoms with Gasteiger partial charge in [-0.3, -0.25) is 10.3 Å². The molecular formula is C19H14N6O. The van der Waals surface area contributed by atoms with Crippen LogP contribution in [0, 0.1) is 11.3 Å². The molecule has 1 saturated heterocycles. The highest BCUT2D eigenvalue weighted by atomic mass is 16.5. The van der Waals surface area contributed by atoms with Crippen LogP contribution >= 0.6 is 0 Å². The molecular weight excluding hydrogens is 328 g/mol. The van der Waals surface area contributed by atoms with Gasteiger partial charge in [-0.25, -0.2) is 9.67 Å². The lowest BCUT2D eigenvalue weighted by Gasteiger charge is -2.11. The first-order valence-corrected chi connectivity index (χ1v) is 8.33. The van der Waals surface area contributed by atoms with E-state index in [-0.39, 0.29) is 6.35 Å². The standard InChI is InChI=1S/C19H14N6O/c20-11-12-3-1-4-13-17(24-25(18(12)13)19-22-9-10-26-19)16-7-6-14-15(23-16)5-2-8-21-14/h1-8,19,22H,9-10H2. The van der Waals surface area contributed by atoms with Crippen LogP contribution in [-0.4, -0.2) is 32.9 Å². The molecule has 26 heavy (non-hydrogen) atoms. The minimum absolute atomic E-state index is 0.386. The number of nitriles is 1. The number of hydrogen-bond donors (Lipinski definition) is 1. The zero-order chi connectivity index (χ0) is 17.5. The van der Waals surface area contributed by atoms with E-state index in [9.17, 15) is 5.26 Å². The van der Waals surface area contributed by atoms with Gasteiger partial charge < -0.3 is 4.74 Å². The molecule has 1 aromatic carbocycles. The third-order valence-electron chi connectivity index (χ3n) is 4.47. The van der Waals surface area contributed by atoms with Crippen molar-refractivity contribution in [3.63, 3.8) is 0 Å². The number of nitrogens with one attached hydrogen (secondary N) is 1. The van der Waals surface area contributed by atoms with Crippen molar-refractivity contribution in [1.29, 1.82) is 5.26 Å². The van der Waals surface area contributed by atoms with E-state index >= 15 is 0 Å². The lowest BCUT2D eigenvalue weighted by Crippen LogP contribution is -2.22. The molecule has 0 bridgehead atoms. The molecule has 7 heteroatoms. The monoisotopic (exact) mass is 342 g/mol. The van der Waals surface area contributed by atoms with Crippen molar-refractivity contribution in [2.45, 2.75) is 6.35 Å². The zero-order valence-electron chi connectivity index (χ0n) is 13.8. The molecule has 1 atom stereocenters. The van der Waals surface area contributed by atoms with Crippen LogP contribution < -0.4 is 5.32 Å². The molecule has 0 radical (unpaired) electrons. The third kappa shape index (κ3) is 2.24. The molecule has 7 nitrogen and oxygen atoms in total. The smallest absolute Gasteiger partial charge is 0.206 e. The van der Waals surface area contributed by atoms with Crippen molar-refractivity contribution >= 4 is 21.9 Å². The Morgan fingerprint density at radius 2 is 2.12 bits per heavy atom. The van der Waals surface area contributed by atoms with Crippen molar-refractivity contribution < 1.29 is 4.74 Å². The molecule has 1 aliphatic heterocycles. The van der Waals surface area contributed by atoms with E-state index in [2.05, 4.69) is 16.4 Å².